The Kier molecular flexibility index (Phi) is 2.90. The second kappa shape index (κ2) is 3.61. The fourth-order valence-corrected chi connectivity index (χ4v) is 2.30. The smallest absolute Gasteiger partial charge is 0.240 e. The van der Waals surface area contributed by atoms with E-state index in [9.17, 15) is 8.42 Å². The van der Waals surface area contributed by atoms with Crippen molar-refractivity contribution in [3.05, 3.63) is 22.6 Å². The molecule has 0 aromatic carbocycles. The molecule has 0 saturated heterocycles. The van der Waals surface area contributed by atoms with Gasteiger partial charge in [-0.1, -0.05) is 6.08 Å². The number of rotatable bonds is 2. The van der Waals surface area contributed by atoms with Crippen LogP contribution in [0.3, 0.4) is 0 Å². The molecular formula is C8H14N2O2S. The lowest BCUT2D eigenvalue weighted by Gasteiger charge is -2.16. The van der Waals surface area contributed by atoms with E-state index in [1.807, 2.05) is 6.08 Å². The Labute approximate surface area is 78.6 Å². The topological polar surface area (TPSA) is 72.2 Å². The van der Waals surface area contributed by atoms with Gasteiger partial charge in [0.25, 0.3) is 0 Å². The molecule has 13 heavy (non-hydrogen) atoms. The minimum absolute atomic E-state index is 0.193. The van der Waals surface area contributed by atoms with Crippen molar-refractivity contribution >= 4 is 10.0 Å². The summed E-state index contributed by atoms with van der Waals surface area (Å²) in [5.74, 6) is 0. The van der Waals surface area contributed by atoms with Gasteiger partial charge in [0.05, 0.1) is 4.91 Å². The summed E-state index contributed by atoms with van der Waals surface area (Å²) in [5.41, 5.74) is 6.39. The Morgan fingerprint density at radius 2 is 2.23 bits per heavy atom. The van der Waals surface area contributed by atoms with Gasteiger partial charge < -0.3 is 5.73 Å². The molecule has 1 aliphatic rings. The van der Waals surface area contributed by atoms with Crippen LogP contribution in [0.2, 0.25) is 0 Å². The number of sulfonamides is 1. The van der Waals surface area contributed by atoms with Crippen molar-refractivity contribution in [1.82, 2.24) is 4.72 Å². The first-order chi connectivity index (χ1) is 5.97. The first-order valence-electron chi connectivity index (χ1n) is 4.05. The molecule has 1 rings (SSSR count). The molecule has 1 aliphatic carbocycles. The maximum Gasteiger partial charge on any atom is 0.240 e. The van der Waals surface area contributed by atoms with Crippen molar-refractivity contribution in [2.75, 3.05) is 7.05 Å². The van der Waals surface area contributed by atoms with Gasteiger partial charge in [-0.25, -0.2) is 13.1 Å². The largest absolute Gasteiger partial charge is 0.324 e. The highest BCUT2D eigenvalue weighted by Crippen LogP contribution is 2.21. The summed E-state index contributed by atoms with van der Waals surface area (Å²) in [4.78, 5) is 0.300. The predicted octanol–water partition coefficient (Wildman–Crippen LogP) is 0.0968. The minimum atomic E-state index is -3.34. The molecule has 0 aromatic heterocycles. The van der Waals surface area contributed by atoms with Gasteiger partial charge in [0.15, 0.2) is 0 Å². The molecule has 0 radical (unpaired) electrons. The number of allylic oxidation sites excluding steroid dienone is 1. The molecule has 4 nitrogen and oxygen atoms in total. The molecule has 5 heteroatoms. The van der Waals surface area contributed by atoms with Crippen molar-refractivity contribution in [2.45, 2.75) is 19.4 Å². The number of nitrogens with one attached hydrogen (secondary N) is 1. The van der Waals surface area contributed by atoms with Gasteiger partial charge in [-0.2, -0.15) is 0 Å². The molecule has 0 amide bonds. The summed E-state index contributed by atoms with van der Waals surface area (Å²) in [7, 11) is -1.95. The SMILES string of the molecule is CNS(=O)(=O)C1=CC(N)CC=C1C. The second-order valence-corrected chi connectivity index (χ2v) is 4.88. The van der Waals surface area contributed by atoms with Crippen LogP contribution in [0.4, 0.5) is 0 Å². The zero-order valence-electron chi connectivity index (χ0n) is 7.74. The van der Waals surface area contributed by atoms with Gasteiger partial charge in [-0.15, -0.1) is 0 Å². The van der Waals surface area contributed by atoms with Gasteiger partial charge in [0, 0.05) is 6.04 Å². The number of hydrogen-bond donors (Lipinski definition) is 2. The Hall–Kier alpha value is -0.650. The van der Waals surface area contributed by atoms with E-state index in [2.05, 4.69) is 4.72 Å². The zero-order chi connectivity index (χ0) is 10.1. The van der Waals surface area contributed by atoms with Crippen LogP contribution in [-0.2, 0) is 10.0 Å². The third-order valence-corrected chi connectivity index (χ3v) is 3.58. The van der Waals surface area contributed by atoms with E-state index in [4.69, 9.17) is 5.73 Å². The highest BCUT2D eigenvalue weighted by atomic mass is 32.2. The maximum atomic E-state index is 11.4. The van der Waals surface area contributed by atoms with Crippen molar-refractivity contribution in [2.24, 2.45) is 5.73 Å². The van der Waals surface area contributed by atoms with Crippen LogP contribution >= 0.6 is 0 Å². The van der Waals surface area contributed by atoms with Crippen LogP contribution in [0.15, 0.2) is 22.6 Å². The van der Waals surface area contributed by atoms with E-state index in [0.717, 1.165) is 5.57 Å². The summed E-state index contributed by atoms with van der Waals surface area (Å²) in [6, 6.07) is -0.193. The Balaban J connectivity index is 3.10. The third-order valence-electron chi connectivity index (χ3n) is 2.01. The number of hydrogen-bond acceptors (Lipinski definition) is 3. The van der Waals surface area contributed by atoms with Crippen LogP contribution in [0.25, 0.3) is 0 Å². The summed E-state index contributed by atoms with van der Waals surface area (Å²) in [5, 5.41) is 0. The summed E-state index contributed by atoms with van der Waals surface area (Å²) >= 11 is 0. The summed E-state index contributed by atoms with van der Waals surface area (Å²) in [6.07, 6.45) is 4.13. The van der Waals surface area contributed by atoms with E-state index in [1.165, 1.54) is 7.05 Å². The van der Waals surface area contributed by atoms with Crippen molar-refractivity contribution in [3.63, 3.8) is 0 Å². The lowest BCUT2D eigenvalue weighted by atomic mass is 10.1. The second-order valence-electron chi connectivity index (χ2n) is 3.03. The highest BCUT2D eigenvalue weighted by molar-refractivity contribution is 7.93. The standard InChI is InChI=1S/C8H14N2O2S/c1-6-3-4-7(9)5-8(6)13(11,12)10-2/h3,5,7,10H,4,9H2,1-2H3. The van der Waals surface area contributed by atoms with Gasteiger partial charge >= 0.3 is 0 Å². The van der Waals surface area contributed by atoms with E-state index in [0.29, 0.717) is 11.3 Å². The number of nitrogens with two attached hydrogens (primary N) is 1. The van der Waals surface area contributed by atoms with Crippen LogP contribution in [0, 0.1) is 0 Å². The Morgan fingerprint density at radius 1 is 1.62 bits per heavy atom. The van der Waals surface area contributed by atoms with E-state index in [1.54, 1.807) is 13.0 Å². The van der Waals surface area contributed by atoms with Gasteiger partial charge in [-0.05, 0) is 32.0 Å². The third kappa shape index (κ3) is 2.18. The molecular weight excluding hydrogens is 188 g/mol. The summed E-state index contributed by atoms with van der Waals surface area (Å²) in [6.45, 7) is 1.77. The lowest BCUT2D eigenvalue weighted by Crippen LogP contribution is -2.27. The van der Waals surface area contributed by atoms with Gasteiger partial charge in [-0.3, -0.25) is 0 Å². The average Bonchev–Trinajstić information content (AvgIpc) is 2.09. The molecule has 0 heterocycles. The van der Waals surface area contributed by atoms with E-state index < -0.39 is 10.0 Å². The molecule has 0 spiro atoms. The van der Waals surface area contributed by atoms with Crippen molar-refractivity contribution in [3.8, 4) is 0 Å². The summed E-state index contributed by atoms with van der Waals surface area (Å²) < 4.78 is 25.1. The molecule has 1 unspecified atom stereocenters. The van der Waals surface area contributed by atoms with Crippen LogP contribution in [0.5, 0.6) is 0 Å². The molecule has 0 bridgehead atoms. The first-order valence-corrected chi connectivity index (χ1v) is 5.54. The highest BCUT2D eigenvalue weighted by Gasteiger charge is 2.20. The van der Waals surface area contributed by atoms with Crippen LogP contribution in [0.1, 0.15) is 13.3 Å². The molecule has 0 fully saturated rings. The van der Waals surface area contributed by atoms with Crippen LogP contribution < -0.4 is 10.5 Å². The maximum absolute atomic E-state index is 11.4. The molecule has 3 N–H and O–H groups in total. The Bertz CT molecular complexity index is 354. The average molecular weight is 202 g/mol. The first kappa shape index (κ1) is 10.4. The van der Waals surface area contributed by atoms with Gasteiger partial charge in [0.1, 0.15) is 0 Å². The quantitative estimate of drug-likeness (QED) is 0.667. The van der Waals surface area contributed by atoms with Crippen molar-refractivity contribution in [1.29, 1.82) is 0 Å². The minimum Gasteiger partial charge on any atom is -0.324 e. The predicted molar refractivity (Wildman–Crippen MR) is 52.4 cm³/mol. The molecule has 0 saturated carbocycles. The van der Waals surface area contributed by atoms with E-state index in [-0.39, 0.29) is 6.04 Å². The zero-order valence-corrected chi connectivity index (χ0v) is 8.56. The molecule has 0 aliphatic heterocycles. The van der Waals surface area contributed by atoms with Crippen molar-refractivity contribution < 1.29 is 8.42 Å². The Morgan fingerprint density at radius 3 is 2.77 bits per heavy atom. The monoisotopic (exact) mass is 202 g/mol. The fourth-order valence-electron chi connectivity index (χ4n) is 1.22. The fraction of sp³-hybridized carbons (Fsp3) is 0.500. The lowest BCUT2D eigenvalue weighted by molar-refractivity contribution is 0.594. The molecule has 1 atom stereocenters. The van der Waals surface area contributed by atoms with Gasteiger partial charge in [0.2, 0.25) is 10.0 Å². The molecule has 74 valence electrons. The van der Waals surface area contributed by atoms with Crippen LogP contribution in [-0.4, -0.2) is 21.5 Å². The molecule has 0 aromatic rings. The van der Waals surface area contributed by atoms with E-state index >= 15 is 0 Å². The normalized spacial score (nSPS) is 23.8.